The number of hydrogen-bond donors (Lipinski definition) is 1. The van der Waals surface area contributed by atoms with Crippen molar-refractivity contribution in [3.63, 3.8) is 0 Å². The van der Waals surface area contributed by atoms with Gasteiger partial charge in [0.1, 0.15) is 17.1 Å². The maximum atomic E-state index is 14.1. The molecule has 29 heavy (non-hydrogen) atoms. The summed E-state index contributed by atoms with van der Waals surface area (Å²) < 4.78 is 60.5. The third-order valence-corrected chi connectivity index (χ3v) is 4.03. The second-order valence-corrected chi connectivity index (χ2v) is 5.95. The van der Waals surface area contributed by atoms with E-state index in [2.05, 4.69) is 10.4 Å². The first-order valence-corrected chi connectivity index (χ1v) is 8.60. The molecule has 0 spiro atoms. The van der Waals surface area contributed by atoms with Crippen LogP contribution in [0.3, 0.4) is 0 Å². The summed E-state index contributed by atoms with van der Waals surface area (Å²) in [7, 11) is 0. The van der Waals surface area contributed by atoms with Crippen molar-refractivity contribution in [2.45, 2.75) is 19.8 Å². The molecule has 2 amide bonds. The van der Waals surface area contributed by atoms with Crippen LogP contribution in [0.4, 0.5) is 28.9 Å². The Morgan fingerprint density at radius 2 is 1.79 bits per heavy atom. The van der Waals surface area contributed by atoms with Crippen LogP contribution in [-0.2, 0) is 9.59 Å². The molecule has 0 fully saturated rings. The van der Waals surface area contributed by atoms with Gasteiger partial charge in [-0.15, -0.1) is 0 Å². The second kappa shape index (κ2) is 8.29. The van der Waals surface area contributed by atoms with E-state index in [1.807, 2.05) is 0 Å². The van der Waals surface area contributed by atoms with E-state index < -0.39 is 40.8 Å². The maximum Gasteiger partial charge on any atom is 0.271 e. The van der Waals surface area contributed by atoms with Crippen LogP contribution in [0, 0.1) is 23.3 Å². The molecule has 0 aromatic heterocycles. The number of halogens is 4. The van der Waals surface area contributed by atoms with Gasteiger partial charge in [0.2, 0.25) is 5.91 Å². The van der Waals surface area contributed by atoms with Gasteiger partial charge in [-0.3, -0.25) is 9.59 Å². The van der Waals surface area contributed by atoms with E-state index in [-0.39, 0.29) is 29.6 Å². The maximum absolute atomic E-state index is 14.1. The van der Waals surface area contributed by atoms with E-state index in [9.17, 15) is 27.2 Å². The van der Waals surface area contributed by atoms with Crippen molar-refractivity contribution < 1.29 is 31.9 Å². The van der Waals surface area contributed by atoms with Crippen LogP contribution in [0.1, 0.15) is 19.8 Å². The van der Waals surface area contributed by atoms with Crippen LogP contribution in [0.5, 0.6) is 5.75 Å². The third kappa shape index (κ3) is 4.05. The fraction of sp³-hybridized carbons (Fsp3) is 0.211. The van der Waals surface area contributed by atoms with Gasteiger partial charge >= 0.3 is 0 Å². The molecule has 0 unspecified atom stereocenters. The Balaban J connectivity index is 1.94. The van der Waals surface area contributed by atoms with Gasteiger partial charge in [0, 0.05) is 18.9 Å². The summed E-state index contributed by atoms with van der Waals surface area (Å²) in [6.45, 7) is 2.11. The summed E-state index contributed by atoms with van der Waals surface area (Å²) in [4.78, 5) is 24.6. The number of rotatable bonds is 5. The minimum atomic E-state index is -1.79. The molecule has 2 aromatic carbocycles. The molecule has 0 bridgehead atoms. The molecule has 10 heteroatoms. The van der Waals surface area contributed by atoms with Crippen LogP contribution in [0.15, 0.2) is 35.4 Å². The van der Waals surface area contributed by atoms with Crippen LogP contribution in [0.25, 0.3) is 0 Å². The molecule has 1 N–H and O–H groups in total. The molecule has 1 aliphatic heterocycles. The lowest BCUT2D eigenvalue weighted by atomic mass is 10.1. The van der Waals surface area contributed by atoms with Crippen molar-refractivity contribution >= 4 is 28.9 Å². The van der Waals surface area contributed by atoms with Crippen LogP contribution in [0.2, 0.25) is 0 Å². The largest absolute Gasteiger partial charge is 0.492 e. The molecule has 0 saturated carbocycles. The molecule has 3 rings (SSSR count). The number of ether oxygens (including phenoxy) is 1. The highest BCUT2D eigenvalue weighted by molar-refractivity contribution is 6.44. The fourth-order valence-electron chi connectivity index (χ4n) is 2.68. The van der Waals surface area contributed by atoms with Gasteiger partial charge in [-0.1, -0.05) is 12.1 Å². The first-order chi connectivity index (χ1) is 13.8. The summed E-state index contributed by atoms with van der Waals surface area (Å²) in [5.41, 5.74) is -1.24. The molecule has 1 aliphatic rings. The smallest absolute Gasteiger partial charge is 0.271 e. The molecule has 0 aliphatic carbocycles. The lowest BCUT2D eigenvalue weighted by Crippen LogP contribution is -2.37. The predicted octanol–water partition coefficient (Wildman–Crippen LogP) is 3.76. The monoisotopic (exact) mass is 409 g/mol. The first kappa shape index (κ1) is 20.3. The Hall–Kier alpha value is -3.43. The molecule has 152 valence electrons. The van der Waals surface area contributed by atoms with Gasteiger partial charge in [0.05, 0.1) is 12.3 Å². The van der Waals surface area contributed by atoms with Gasteiger partial charge in [0.15, 0.2) is 23.3 Å². The van der Waals surface area contributed by atoms with E-state index in [1.54, 1.807) is 31.2 Å². The zero-order chi connectivity index (χ0) is 21.1. The zero-order valence-electron chi connectivity index (χ0n) is 15.1. The number of nitrogens with zero attached hydrogens (tertiary/aromatic N) is 2. The highest BCUT2D eigenvalue weighted by Gasteiger charge is 2.32. The standard InChI is InChI=1S/C19H15F4N3O3/c1-2-29-14-6-4-3-5-12(14)24-19(28)13-7-8-15(27)26(25-13)18-16(22)10(20)9-11(21)17(18)23/h3-6,9H,2,7-8H2,1H3,(H,24,28). The lowest BCUT2D eigenvalue weighted by Gasteiger charge is -2.24. The molecule has 2 aromatic rings. The molecule has 0 saturated heterocycles. The molecular formula is C19H15F4N3O3. The summed E-state index contributed by atoms with van der Waals surface area (Å²) in [5.74, 6) is -8.25. The number of carbonyl (C=O) groups is 2. The number of benzene rings is 2. The number of nitrogens with one attached hydrogen (secondary N) is 1. The van der Waals surface area contributed by atoms with Crippen LogP contribution >= 0.6 is 0 Å². The van der Waals surface area contributed by atoms with Crippen molar-refractivity contribution in [2.75, 3.05) is 16.9 Å². The average Bonchev–Trinajstić information content (AvgIpc) is 2.69. The highest BCUT2D eigenvalue weighted by atomic mass is 19.2. The van der Waals surface area contributed by atoms with Gasteiger partial charge < -0.3 is 10.1 Å². The zero-order valence-corrected chi connectivity index (χ0v) is 15.1. The average molecular weight is 409 g/mol. The molecule has 1 heterocycles. The normalized spacial score (nSPS) is 13.9. The van der Waals surface area contributed by atoms with E-state index in [0.717, 1.165) is 0 Å². The molecular weight excluding hydrogens is 394 g/mol. The van der Waals surface area contributed by atoms with Gasteiger partial charge in [-0.25, -0.2) is 17.6 Å². The Bertz CT molecular complexity index is 984. The number of anilines is 2. The van der Waals surface area contributed by atoms with Crippen molar-refractivity contribution in [3.8, 4) is 5.75 Å². The second-order valence-electron chi connectivity index (χ2n) is 5.95. The van der Waals surface area contributed by atoms with Crippen molar-refractivity contribution in [1.29, 1.82) is 0 Å². The van der Waals surface area contributed by atoms with Crippen molar-refractivity contribution in [3.05, 3.63) is 53.6 Å². The Labute approximate surface area is 162 Å². The number of para-hydroxylation sites is 2. The summed E-state index contributed by atoms with van der Waals surface area (Å²) in [6.07, 6.45) is -0.463. The quantitative estimate of drug-likeness (QED) is 0.604. The van der Waals surface area contributed by atoms with E-state index in [1.165, 1.54) is 0 Å². The Morgan fingerprint density at radius 1 is 1.14 bits per heavy atom. The minimum Gasteiger partial charge on any atom is -0.492 e. The summed E-state index contributed by atoms with van der Waals surface area (Å²) in [6, 6.07) is 6.55. The van der Waals surface area contributed by atoms with E-state index in [4.69, 9.17) is 4.74 Å². The van der Waals surface area contributed by atoms with Crippen molar-refractivity contribution in [2.24, 2.45) is 5.10 Å². The third-order valence-electron chi connectivity index (χ3n) is 4.03. The molecule has 6 nitrogen and oxygen atoms in total. The number of amides is 2. The van der Waals surface area contributed by atoms with Gasteiger partial charge in [0.25, 0.3) is 5.91 Å². The first-order valence-electron chi connectivity index (χ1n) is 8.60. The minimum absolute atomic E-state index is 0.0184. The fourth-order valence-corrected chi connectivity index (χ4v) is 2.68. The number of carbonyl (C=O) groups excluding carboxylic acids is 2. The SMILES string of the molecule is CCOc1ccccc1NC(=O)C1=NN(c2c(F)c(F)cc(F)c2F)C(=O)CC1. The Kier molecular flexibility index (Phi) is 5.81. The topological polar surface area (TPSA) is 71.0 Å². The molecule has 0 atom stereocenters. The van der Waals surface area contributed by atoms with Crippen LogP contribution < -0.4 is 15.1 Å². The van der Waals surface area contributed by atoms with E-state index in [0.29, 0.717) is 18.0 Å². The van der Waals surface area contributed by atoms with Gasteiger partial charge in [-0.05, 0) is 19.1 Å². The predicted molar refractivity (Wildman–Crippen MR) is 96.7 cm³/mol. The van der Waals surface area contributed by atoms with E-state index >= 15 is 0 Å². The van der Waals surface area contributed by atoms with Crippen LogP contribution in [-0.4, -0.2) is 24.1 Å². The number of hydrazone groups is 1. The highest BCUT2D eigenvalue weighted by Crippen LogP contribution is 2.31. The van der Waals surface area contributed by atoms with Gasteiger partial charge in [-0.2, -0.15) is 10.1 Å². The molecule has 0 radical (unpaired) electrons. The van der Waals surface area contributed by atoms with Crippen molar-refractivity contribution in [1.82, 2.24) is 0 Å². The lowest BCUT2D eigenvalue weighted by molar-refractivity contribution is -0.118. The summed E-state index contributed by atoms with van der Waals surface area (Å²) >= 11 is 0. The summed E-state index contributed by atoms with van der Waals surface area (Å²) in [5, 5.41) is 6.35. The Morgan fingerprint density at radius 3 is 2.45 bits per heavy atom. The number of hydrogen-bond acceptors (Lipinski definition) is 4.